The smallest absolute Gasteiger partial charge is 0.230 e. The van der Waals surface area contributed by atoms with Gasteiger partial charge in [0.25, 0.3) is 0 Å². The Kier molecular flexibility index (Phi) is 5.97. The second kappa shape index (κ2) is 7.95. The van der Waals surface area contributed by atoms with Crippen molar-refractivity contribution < 1.29 is 9.53 Å². The van der Waals surface area contributed by atoms with Crippen LogP contribution in [0.5, 0.6) is 0 Å². The zero-order valence-electron chi connectivity index (χ0n) is 13.0. The molecule has 118 valence electrons. The maximum atomic E-state index is 11.8. The van der Waals surface area contributed by atoms with Gasteiger partial charge in [0.05, 0.1) is 12.4 Å². The molecular weight excluding hydrogens is 300 g/mol. The van der Waals surface area contributed by atoms with E-state index in [1.165, 1.54) is 17.3 Å². The van der Waals surface area contributed by atoms with Crippen LogP contribution in [0.3, 0.4) is 0 Å². The van der Waals surface area contributed by atoms with Crippen LogP contribution in [0.15, 0.2) is 29.4 Å². The second-order valence-electron chi connectivity index (χ2n) is 4.84. The molecule has 2 rings (SSSR count). The van der Waals surface area contributed by atoms with Crippen LogP contribution in [-0.4, -0.2) is 46.7 Å². The van der Waals surface area contributed by atoms with Crippen LogP contribution in [0.25, 0.3) is 5.69 Å². The number of hydrogen-bond donors (Lipinski definition) is 1. The first-order valence-electron chi connectivity index (χ1n) is 6.99. The van der Waals surface area contributed by atoms with Crippen molar-refractivity contribution in [3.05, 3.63) is 35.7 Å². The standard InChI is InChI=1S/C15H20N4O2S/c1-11-5-4-6-13(9-11)19-12(2)17-18-15(19)22-10-14(20)16-7-8-21-3/h4-6,9H,7-8,10H2,1-3H3,(H,16,20). The fourth-order valence-electron chi connectivity index (χ4n) is 1.97. The van der Waals surface area contributed by atoms with Crippen molar-refractivity contribution in [3.8, 4) is 5.69 Å². The van der Waals surface area contributed by atoms with Gasteiger partial charge >= 0.3 is 0 Å². The molecule has 1 heterocycles. The minimum Gasteiger partial charge on any atom is -0.383 e. The molecule has 22 heavy (non-hydrogen) atoms. The fraction of sp³-hybridized carbons (Fsp3) is 0.400. The number of amides is 1. The van der Waals surface area contributed by atoms with E-state index in [4.69, 9.17) is 4.74 Å². The van der Waals surface area contributed by atoms with Gasteiger partial charge in [-0.15, -0.1) is 10.2 Å². The predicted octanol–water partition coefficient (Wildman–Crippen LogP) is 1.74. The van der Waals surface area contributed by atoms with Gasteiger partial charge in [-0.3, -0.25) is 9.36 Å². The highest BCUT2D eigenvalue weighted by Gasteiger charge is 2.13. The molecule has 0 aliphatic heterocycles. The zero-order chi connectivity index (χ0) is 15.9. The first-order chi connectivity index (χ1) is 10.6. The minimum atomic E-state index is -0.0431. The highest BCUT2D eigenvalue weighted by Crippen LogP contribution is 2.22. The van der Waals surface area contributed by atoms with Gasteiger partial charge in [0, 0.05) is 19.3 Å². The number of benzene rings is 1. The molecule has 1 aromatic heterocycles. The summed E-state index contributed by atoms with van der Waals surface area (Å²) in [5, 5.41) is 11.8. The van der Waals surface area contributed by atoms with E-state index < -0.39 is 0 Å². The third-order valence-corrected chi connectivity index (χ3v) is 3.94. The van der Waals surface area contributed by atoms with Crippen LogP contribution in [0.4, 0.5) is 0 Å². The summed E-state index contributed by atoms with van der Waals surface area (Å²) in [5.41, 5.74) is 2.17. The molecule has 0 radical (unpaired) electrons. The summed E-state index contributed by atoms with van der Waals surface area (Å²) >= 11 is 1.37. The number of ether oxygens (including phenoxy) is 1. The molecule has 0 unspecified atom stereocenters. The van der Waals surface area contributed by atoms with E-state index in [0.29, 0.717) is 24.1 Å². The number of nitrogens with one attached hydrogen (secondary N) is 1. The van der Waals surface area contributed by atoms with E-state index in [9.17, 15) is 4.79 Å². The Morgan fingerprint density at radius 3 is 2.91 bits per heavy atom. The van der Waals surface area contributed by atoms with Crippen molar-refractivity contribution >= 4 is 17.7 Å². The van der Waals surface area contributed by atoms with Crippen LogP contribution in [0.2, 0.25) is 0 Å². The maximum absolute atomic E-state index is 11.8. The monoisotopic (exact) mass is 320 g/mol. The molecule has 0 aliphatic rings. The lowest BCUT2D eigenvalue weighted by Gasteiger charge is -2.09. The summed E-state index contributed by atoms with van der Waals surface area (Å²) in [4.78, 5) is 11.8. The molecular formula is C15H20N4O2S. The number of aromatic nitrogens is 3. The summed E-state index contributed by atoms with van der Waals surface area (Å²) in [6.45, 7) is 4.96. The zero-order valence-corrected chi connectivity index (χ0v) is 13.8. The molecule has 2 aromatic rings. The van der Waals surface area contributed by atoms with Gasteiger partial charge in [-0.25, -0.2) is 0 Å². The average molecular weight is 320 g/mol. The third-order valence-electron chi connectivity index (χ3n) is 3.02. The quantitative estimate of drug-likeness (QED) is 0.621. The molecule has 1 N–H and O–H groups in total. The van der Waals surface area contributed by atoms with Crippen LogP contribution >= 0.6 is 11.8 Å². The number of methoxy groups -OCH3 is 1. The number of carbonyl (C=O) groups excluding carboxylic acids is 1. The Balaban J connectivity index is 2.05. The lowest BCUT2D eigenvalue weighted by molar-refractivity contribution is -0.118. The van der Waals surface area contributed by atoms with E-state index in [0.717, 1.165) is 11.5 Å². The highest BCUT2D eigenvalue weighted by atomic mass is 32.2. The number of nitrogens with zero attached hydrogens (tertiary/aromatic N) is 3. The molecule has 0 spiro atoms. The van der Waals surface area contributed by atoms with Gasteiger partial charge in [-0.05, 0) is 31.5 Å². The summed E-state index contributed by atoms with van der Waals surface area (Å²) in [7, 11) is 1.61. The van der Waals surface area contributed by atoms with Gasteiger partial charge in [-0.1, -0.05) is 23.9 Å². The van der Waals surface area contributed by atoms with Gasteiger partial charge in [0.15, 0.2) is 5.16 Å². The van der Waals surface area contributed by atoms with Crippen molar-refractivity contribution in [1.29, 1.82) is 0 Å². The van der Waals surface area contributed by atoms with Crippen molar-refractivity contribution in [2.45, 2.75) is 19.0 Å². The molecule has 1 amide bonds. The number of hydrogen-bond acceptors (Lipinski definition) is 5. The molecule has 0 saturated carbocycles. The minimum absolute atomic E-state index is 0.0431. The van der Waals surface area contributed by atoms with Crippen LogP contribution in [0.1, 0.15) is 11.4 Å². The molecule has 0 saturated heterocycles. The maximum Gasteiger partial charge on any atom is 0.230 e. The molecule has 0 bridgehead atoms. The Morgan fingerprint density at radius 1 is 1.36 bits per heavy atom. The van der Waals surface area contributed by atoms with E-state index in [1.807, 2.05) is 36.6 Å². The largest absolute Gasteiger partial charge is 0.383 e. The lowest BCUT2D eigenvalue weighted by atomic mass is 10.2. The normalized spacial score (nSPS) is 10.7. The summed E-state index contributed by atoms with van der Waals surface area (Å²) < 4.78 is 6.86. The van der Waals surface area contributed by atoms with Crippen molar-refractivity contribution in [3.63, 3.8) is 0 Å². The first kappa shape index (κ1) is 16.5. The van der Waals surface area contributed by atoms with Crippen molar-refractivity contribution in [1.82, 2.24) is 20.1 Å². The molecule has 1 aromatic carbocycles. The summed E-state index contributed by atoms with van der Waals surface area (Å²) in [6, 6.07) is 8.11. The van der Waals surface area contributed by atoms with E-state index in [1.54, 1.807) is 7.11 Å². The Hall–Kier alpha value is -1.86. The number of rotatable bonds is 7. The Morgan fingerprint density at radius 2 is 2.18 bits per heavy atom. The number of aryl methyl sites for hydroxylation is 2. The van der Waals surface area contributed by atoms with Gasteiger partial charge in [0.1, 0.15) is 5.82 Å². The van der Waals surface area contributed by atoms with Crippen LogP contribution in [-0.2, 0) is 9.53 Å². The van der Waals surface area contributed by atoms with Gasteiger partial charge in [-0.2, -0.15) is 0 Å². The Labute approximate surface area is 134 Å². The molecule has 0 atom stereocenters. The highest BCUT2D eigenvalue weighted by molar-refractivity contribution is 7.99. The lowest BCUT2D eigenvalue weighted by Crippen LogP contribution is -2.28. The van der Waals surface area contributed by atoms with Crippen LogP contribution in [0, 0.1) is 13.8 Å². The van der Waals surface area contributed by atoms with Gasteiger partial charge < -0.3 is 10.1 Å². The summed E-state index contributed by atoms with van der Waals surface area (Å²) in [5.74, 6) is 1.06. The Bertz CT molecular complexity index is 642. The van der Waals surface area contributed by atoms with Crippen molar-refractivity contribution in [2.24, 2.45) is 0 Å². The average Bonchev–Trinajstić information content (AvgIpc) is 2.86. The number of carbonyl (C=O) groups is 1. The molecule has 6 nitrogen and oxygen atoms in total. The summed E-state index contributed by atoms with van der Waals surface area (Å²) in [6.07, 6.45) is 0. The van der Waals surface area contributed by atoms with E-state index in [2.05, 4.69) is 21.6 Å². The molecule has 0 aliphatic carbocycles. The number of thioether (sulfide) groups is 1. The van der Waals surface area contributed by atoms with Gasteiger partial charge in [0.2, 0.25) is 5.91 Å². The predicted molar refractivity (Wildman–Crippen MR) is 86.4 cm³/mol. The topological polar surface area (TPSA) is 69.0 Å². The fourth-order valence-corrected chi connectivity index (χ4v) is 2.80. The van der Waals surface area contributed by atoms with E-state index >= 15 is 0 Å². The molecule has 0 fully saturated rings. The SMILES string of the molecule is COCCNC(=O)CSc1nnc(C)n1-c1cccc(C)c1. The first-order valence-corrected chi connectivity index (χ1v) is 7.98. The second-order valence-corrected chi connectivity index (χ2v) is 5.78. The van der Waals surface area contributed by atoms with E-state index in [-0.39, 0.29) is 5.91 Å². The van der Waals surface area contributed by atoms with Crippen LogP contribution < -0.4 is 5.32 Å². The molecule has 7 heteroatoms. The van der Waals surface area contributed by atoms with Crippen molar-refractivity contribution in [2.75, 3.05) is 26.0 Å². The third kappa shape index (κ3) is 4.32.